The monoisotopic (exact) mass is 231 g/mol. The molecule has 0 spiro atoms. The molecule has 5 heteroatoms. The van der Waals surface area contributed by atoms with Gasteiger partial charge in [0.15, 0.2) is 0 Å². The third kappa shape index (κ3) is 3.13. The largest absolute Gasteiger partial charge is 0.377 e. The fraction of sp³-hybridized carbons (Fsp3) is 0.778. The Kier molecular flexibility index (Phi) is 4.68. The molecule has 1 aromatic heterocycles. The van der Waals surface area contributed by atoms with E-state index >= 15 is 0 Å². The Labute approximate surface area is 93.8 Å². The number of hydrogen-bond acceptors (Lipinski definition) is 5. The van der Waals surface area contributed by atoms with Crippen LogP contribution in [-0.2, 0) is 5.75 Å². The molecule has 0 radical (unpaired) electrons. The van der Waals surface area contributed by atoms with Crippen LogP contribution < -0.4 is 5.32 Å². The van der Waals surface area contributed by atoms with Crippen LogP contribution in [0.25, 0.3) is 0 Å². The molecule has 0 aliphatic rings. The number of nitrogens with zero attached hydrogens (tertiary/aromatic N) is 2. The van der Waals surface area contributed by atoms with Crippen LogP contribution in [0, 0.1) is 5.92 Å². The highest BCUT2D eigenvalue weighted by atomic mass is 32.2. The van der Waals surface area contributed by atoms with E-state index in [4.69, 9.17) is 0 Å². The highest BCUT2D eigenvalue weighted by Crippen LogP contribution is 2.26. The molecule has 1 atom stereocenters. The van der Waals surface area contributed by atoms with Gasteiger partial charge in [0.1, 0.15) is 10.7 Å². The Morgan fingerprint density at radius 3 is 2.71 bits per heavy atom. The van der Waals surface area contributed by atoms with Crippen LogP contribution in [0.2, 0.25) is 0 Å². The summed E-state index contributed by atoms with van der Waals surface area (Å²) in [5.41, 5.74) is 1.08. The number of aromatic nitrogens is 2. The third-order valence-electron chi connectivity index (χ3n) is 2.20. The summed E-state index contributed by atoms with van der Waals surface area (Å²) in [6.45, 7) is 6.75. The van der Waals surface area contributed by atoms with Gasteiger partial charge < -0.3 is 5.32 Å². The van der Waals surface area contributed by atoms with Crippen molar-refractivity contribution in [2.24, 2.45) is 5.92 Å². The van der Waals surface area contributed by atoms with Crippen LogP contribution in [0.3, 0.4) is 0 Å². The molecule has 1 aromatic rings. The smallest absolute Gasteiger partial charge is 0.133 e. The predicted octanol–water partition coefficient (Wildman–Crippen LogP) is 2.86. The van der Waals surface area contributed by atoms with Gasteiger partial charge in [-0.3, -0.25) is 0 Å². The van der Waals surface area contributed by atoms with Crippen molar-refractivity contribution in [2.45, 2.75) is 31.8 Å². The minimum atomic E-state index is 0.668. The molecule has 0 saturated heterocycles. The SMILES string of the molecule is CNc1snnc1CSC(C)C(C)C. The molecule has 0 amide bonds. The summed E-state index contributed by atoms with van der Waals surface area (Å²) in [5, 5.41) is 8.97. The van der Waals surface area contributed by atoms with Gasteiger partial charge in [-0.05, 0) is 5.92 Å². The molecule has 14 heavy (non-hydrogen) atoms. The molecule has 1 heterocycles. The van der Waals surface area contributed by atoms with Gasteiger partial charge in [0.25, 0.3) is 0 Å². The second-order valence-electron chi connectivity index (χ2n) is 3.56. The van der Waals surface area contributed by atoms with Crippen LogP contribution in [0.4, 0.5) is 5.00 Å². The van der Waals surface area contributed by atoms with Crippen molar-refractivity contribution in [3.8, 4) is 0 Å². The topological polar surface area (TPSA) is 37.8 Å². The first-order chi connectivity index (χ1) is 6.65. The minimum Gasteiger partial charge on any atom is -0.377 e. The average molecular weight is 231 g/mol. The number of rotatable bonds is 5. The lowest BCUT2D eigenvalue weighted by Crippen LogP contribution is -2.06. The Balaban J connectivity index is 2.45. The van der Waals surface area contributed by atoms with Gasteiger partial charge in [0.05, 0.1) is 0 Å². The first-order valence-electron chi connectivity index (χ1n) is 4.75. The number of anilines is 1. The maximum atomic E-state index is 4.10. The molecule has 0 aromatic carbocycles. The average Bonchev–Trinajstić information content (AvgIpc) is 2.60. The van der Waals surface area contributed by atoms with Gasteiger partial charge in [0.2, 0.25) is 0 Å². The number of nitrogens with one attached hydrogen (secondary N) is 1. The molecule has 3 nitrogen and oxygen atoms in total. The summed E-state index contributed by atoms with van der Waals surface area (Å²) in [6, 6.07) is 0. The van der Waals surface area contributed by atoms with Crippen LogP contribution in [-0.4, -0.2) is 21.9 Å². The molecule has 1 N–H and O–H groups in total. The van der Waals surface area contributed by atoms with E-state index < -0.39 is 0 Å². The zero-order chi connectivity index (χ0) is 10.6. The van der Waals surface area contributed by atoms with E-state index in [2.05, 4.69) is 35.7 Å². The Morgan fingerprint density at radius 2 is 2.14 bits per heavy atom. The standard InChI is InChI=1S/C9H17N3S2/c1-6(2)7(3)13-5-8-9(10-4)14-12-11-8/h6-7,10H,5H2,1-4H3. The summed E-state index contributed by atoms with van der Waals surface area (Å²) in [5.74, 6) is 1.66. The Bertz CT molecular complexity index is 273. The maximum absolute atomic E-state index is 4.10. The quantitative estimate of drug-likeness (QED) is 0.845. The van der Waals surface area contributed by atoms with Gasteiger partial charge >= 0.3 is 0 Å². The normalized spacial score (nSPS) is 13.2. The predicted molar refractivity (Wildman–Crippen MR) is 65.1 cm³/mol. The molecule has 80 valence electrons. The highest BCUT2D eigenvalue weighted by molar-refractivity contribution is 7.99. The number of thioether (sulfide) groups is 1. The molecular weight excluding hydrogens is 214 g/mol. The lowest BCUT2D eigenvalue weighted by atomic mass is 10.2. The molecule has 0 aliphatic carbocycles. The van der Waals surface area contributed by atoms with Gasteiger partial charge in [-0.1, -0.05) is 25.3 Å². The van der Waals surface area contributed by atoms with Crippen molar-refractivity contribution < 1.29 is 0 Å². The fourth-order valence-corrected chi connectivity index (χ4v) is 2.53. The Morgan fingerprint density at radius 1 is 1.43 bits per heavy atom. The third-order valence-corrected chi connectivity index (χ3v) is 4.50. The van der Waals surface area contributed by atoms with Crippen LogP contribution in [0.15, 0.2) is 0 Å². The van der Waals surface area contributed by atoms with E-state index in [1.165, 1.54) is 11.5 Å². The van der Waals surface area contributed by atoms with Crippen LogP contribution >= 0.6 is 23.3 Å². The second-order valence-corrected chi connectivity index (χ2v) is 5.68. The van der Waals surface area contributed by atoms with Crippen molar-refractivity contribution in [1.29, 1.82) is 0 Å². The molecule has 0 bridgehead atoms. The lowest BCUT2D eigenvalue weighted by Gasteiger charge is -2.13. The first kappa shape index (κ1) is 11.8. The van der Waals surface area contributed by atoms with Gasteiger partial charge in [-0.25, -0.2) is 0 Å². The Hall–Kier alpha value is -0.290. The lowest BCUT2D eigenvalue weighted by molar-refractivity contribution is 0.642. The van der Waals surface area contributed by atoms with Crippen molar-refractivity contribution in [2.75, 3.05) is 12.4 Å². The van der Waals surface area contributed by atoms with Crippen LogP contribution in [0.5, 0.6) is 0 Å². The van der Waals surface area contributed by atoms with E-state index in [0.717, 1.165) is 16.4 Å². The molecule has 0 aliphatic heterocycles. The van der Waals surface area contributed by atoms with E-state index in [9.17, 15) is 0 Å². The van der Waals surface area contributed by atoms with Crippen molar-refractivity contribution in [1.82, 2.24) is 9.59 Å². The molecule has 1 unspecified atom stereocenters. The van der Waals surface area contributed by atoms with E-state index in [-0.39, 0.29) is 0 Å². The van der Waals surface area contributed by atoms with Crippen molar-refractivity contribution in [3.63, 3.8) is 0 Å². The van der Waals surface area contributed by atoms with Gasteiger partial charge in [-0.2, -0.15) is 11.8 Å². The fourth-order valence-electron chi connectivity index (χ4n) is 0.896. The second kappa shape index (κ2) is 5.56. The maximum Gasteiger partial charge on any atom is 0.133 e. The molecular formula is C9H17N3S2. The van der Waals surface area contributed by atoms with Crippen molar-refractivity contribution in [3.05, 3.63) is 5.69 Å². The summed E-state index contributed by atoms with van der Waals surface area (Å²) < 4.78 is 3.93. The number of hydrogen-bond donors (Lipinski definition) is 1. The zero-order valence-electron chi connectivity index (χ0n) is 9.07. The van der Waals surface area contributed by atoms with Crippen molar-refractivity contribution >= 4 is 28.3 Å². The van der Waals surface area contributed by atoms with E-state index in [1.54, 1.807) is 0 Å². The summed E-state index contributed by atoms with van der Waals surface area (Å²) in [4.78, 5) is 0. The summed E-state index contributed by atoms with van der Waals surface area (Å²) in [7, 11) is 1.91. The van der Waals surface area contributed by atoms with Gasteiger partial charge in [0, 0.05) is 29.6 Å². The molecule has 0 fully saturated rings. The van der Waals surface area contributed by atoms with E-state index in [0.29, 0.717) is 11.2 Å². The zero-order valence-corrected chi connectivity index (χ0v) is 10.7. The highest BCUT2D eigenvalue weighted by Gasteiger charge is 2.11. The summed E-state index contributed by atoms with van der Waals surface area (Å²) >= 11 is 3.36. The van der Waals surface area contributed by atoms with Gasteiger partial charge in [-0.15, -0.1) is 5.10 Å². The van der Waals surface area contributed by atoms with E-state index in [1.807, 2.05) is 18.8 Å². The molecule has 1 rings (SSSR count). The molecule has 0 saturated carbocycles. The summed E-state index contributed by atoms with van der Waals surface area (Å²) in [6.07, 6.45) is 0. The minimum absolute atomic E-state index is 0.668. The first-order valence-corrected chi connectivity index (χ1v) is 6.58. The van der Waals surface area contributed by atoms with Crippen LogP contribution in [0.1, 0.15) is 26.5 Å².